The molecule has 0 aliphatic heterocycles. The van der Waals surface area contributed by atoms with Crippen molar-refractivity contribution in [3.8, 4) is 0 Å². The van der Waals surface area contributed by atoms with Crippen LogP contribution in [-0.2, 0) is 0 Å². The van der Waals surface area contributed by atoms with E-state index in [-0.39, 0.29) is 5.82 Å². The van der Waals surface area contributed by atoms with Crippen molar-refractivity contribution in [1.82, 2.24) is 3.97 Å². The molecule has 0 saturated heterocycles. The SMILES string of the molecule is C=Cc1cc2c(F)cccc2n1Sc1ccccc1. The summed E-state index contributed by atoms with van der Waals surface area (Å²) in [5, 5.41) is 0.626. The van der Waals surface area contributed by atoms with Gasteiger partial charge < -0.3 is 0 Å². The Morgan fingerprint density at radius 3 is 2.58 bits per heavy atom. The van der Waals surface area contributed by atoms with Gasteiger partial charge in [-0.05, 0) is 48.4 Å². The molecule has 0 aliphatic rings. The molecule has 94 valence electrons. The Morgan fingerprint density at radius 2 is 1.84 bits per heavy atom. The predicted molar refractivity (Wildman–Crippen MR) is 79.7 cm³/mol. The van der Waals surface area contributed by atoms with Gasteiger partial charge in [0, 0.05) is 10.3 Å². The maximum atomic E-state index is 13.8. The normalized spacial score (nSPS) is 10.8. The van der Waals surface area contributed by atoms with Gasteiger partial charge in [-0.3, -0.25) is 3.97 Å². The van der Waals surface area contributed by atoms with Crippen LogP contribution >= 0.6 is 11.9 Å². The molecule has 0 unspecified atom stereocenters. The zero-order valence-electron chi connectivity index (χ0n) is 10.2. The molecular formula is C16H12FNS. The average molecular weight is 269 g/mol. The van der Waals surface area contributed by atoms with Crippen molar-refractivity contribution in [2.45, 2.75) is 4.90 Å². The van der Waals surface area contributed by atoms with Crippen molar-refractivity contribution in [3.05, 3.63) is 72.7 Å². The molecule has 1 heterocycles. The van der Waals surface area contributed by atoms with Gasteiger partial charge in [0.25, 0.3) is 0 Å². The van der Waals surface area contributed by atoms with E-state index in [9.17, 15) is 4.39 Å². The van der Waals surface area contributed by atoms with Crippen LogP contribution in [0.2, 0.25) is 0 Å². The third-order valence-corrected chi connectivity index (χ3v) is 4.00. The number of hydrogen-bond donors (Lipinski definition) is 0. The molecule has 0 amide bonds. The molecule has 0 N–H and O–H groups in total. The van der Waals surface area contributed by atoms with Gasteiger partial charge in [-0.1, -0.05) is 30.8 Å². The monoisotopic (exact) mass is 269 g/mol. The van der Waals surface area contributed by atoms with Crippen molar-refractivity contribution in [2.75, 3.05) is 0 Å². The topological polar surface area (TPSA) is 4.93 Å². The Bertz CT molecular complexity index is 731. The van der Waals surface area contributed by atoms with E-state index in [1.807, 2.05) is 46.4 Å². The quantitative estimate of drug-likeness (QED) is 0.649. The maximum absolute atomic E-state index is 13.8. The molecule has 3 aromatic rings. The van der Waals surface area contributed by atoms with Crippen LogP contribution in [0.4, 0.5) is 4.39 Å². The second-order valence-electron chi connectivity index (χ2n) is 4.14. The van der Waals surface area contributed by atoms with Crippen molar-refractivity contribution >= 4 is 28.9 Å². The van der Waals surface area contributed by atoms with Gasteiger partial charge in [-0.15, -0.1) is 0 Å². The lowest BCUT2D eigenvalue weighted by Crippen LogP contribution is -1.89. The number of aromatic nitrogens is 1. The number of fused-ring (bicyclic) bond motifs is 1. The minimum absolute atomic E-state index is 0.201. The summed E-state index contributed by atoms with van der Waals surface area (Å²) in [6.07, 6.45) is 1.75. The molecule has 19 heavy (non-hydrogen) atoms. The van der Waals surface area contributed by atoms with Gasteiger partial charge in [-0.2, -0.15) is 0 Å². The van der Waals surface area contributed by atoms with Crippen LogP contribution < -0.4 is 0 Å². The van der Waals surface area contributed by atoms with Crippen LogP contribution in [-0.4, -0.2) is 3.97 Å². The van der Waals surface area contributed by atoms with Crippen LogP contribution in [0.1, 0.15) is 5.69 Å². The van der Waals surface area contributed by atoms with Gasteiger partial charge in [-0.25, -0.2) is 4.39 Å². The fraction of sp³-hybridized carbons (Fsp3) is 0. The van der Waals surface area contributed by atoms with Crippen molar-refractivity contribution in [1.29, 1.82) is 0 Å². The smallest absolute Gasteiger partial charge is 0.132 e. The first-order valence-corrected chi connectivity index (χ1v) is 6.73. The first-order chi connectivity index (χ1) is 9.29. The Balaban J connectivity index is 2.16. The van der Waals surface area contributed by atoms with E-state index in [4.69, 9.17) is 0 Å². The summed E-state index contributed by atoms with van der Waals surface area (Å²) in [7, 11) is 0. The second kappa shape index (κ2) is 4.94. The van der Waals surface area contributed by atoms with Crippen LogP contribution in [0, 0.1) is 5.82 Å². The highest BCUT2D eigenvalue weighted by atomic mass is 32.2. The molecule has 0 fully saturated rings. The van der Waals surface area contributed by atoms with Crippen LogP contribution in [0.15, 0.2) is 66.1 Å². The molecule has 3 heteroatoms. The molecule has 1 nitrogen and oxygen atoms in total. The van der Waals surface area contributed by atoms with Gasteiger partial charge in [0.1, 0.15) is 5.82 Å². The molecular weight excluding hydrogens is 257 g/mol. The fourth-order valence-corrected chi connectivity index (χ4v) is 3.00. The van der Waals surface area contributed by atoms with Gasteiger partial charge >= 0.3 is 0 Å². The third kappa shape index (κ3) is 2.17. The first-order valence-electron chi connectivity index (χ1n) is 5.95. The Kier molecular flexibility index (Phi) is 3.13. The molecule has 0 bridgehead atoms. The predicted octanol–water partition coefficient (Wildman–Crippen LogP) is 4.98. The minimum Gasteiger partial charge on any atom is -0.280 e. The number of rotatable bonds is 3. The molecule has 0 aliphatic carbocycles. The highest BCUT2D eigenvalue weighted by Gasteiger charge is 2.10. The largest absolute Gasteiger partial charge is 0.280 e. The second-order valence-corrected chi connectivity index (χ2v) is 5.16. The van der Waals surface area contributed by atoms with Crippen molar-refractivity contribution in [3.63, 3.8) is 0 Å². The van der Waals surface area contributed by atoms with E-state index in [2.05, 4.69) is 6.58 Å². The summed E-state index contributed by atoms with van der Waals surface area (Å²) in [4.78, 5) is 1.10. The molecule has 0 spiro atoms. The summed E-state index contributed by atoms with van der Waals surface area (Å²) in [6, 6.07) is 17.0. The Morgan fingerprint density at radius 1 is 1.05 bits per heavy atom. The van der Waals surface area contributed by atoms with E-state index in [1.54, 1.807) is 24.1 Å². The van der Waals surface area contributed by atoms with Gasteiger partial charge in [0.15, 0.2) is 0 Å². The lowest BCUT2D eigenvalue weighted by atomic mass is 10.2. The maximum Gasteiger partial charge on any atom is 0.132 e. The minimum atomic E-state index is -0.201. The Labute approximate surface area is 115 Å². The molecule has 0 saturated carbocycles. The van der Waals surface area contributed by atoms with Crippen molar-refractivity contribution < 1.29 is 4.39 Å². The first kappa shape index (κ1) is 12.1. The third-order valence-electron chi connectivity index (χ3n) is 2.92. The molecule has 1 aromatic heterocycles. The zero-order valence-corrected chi connectivity index (χ0v) is 11.0. The van der Waals surface area contributed by atoms with E-state index < -0.39 is 0 Å². The summed E-state index contributed by atoms with van der Waals surface area (Å²) in [6.45, 7) is 3.80. The number of halogens is 1. The molecule has 2 aromatic carbocycles. The summed E-state index contributed by atoms with van der Waals surface area (Å²) < 4.78 is 15.8. The van der Waals surface area contributed by atoms with E-state index >= 15 is 0 Å². The molecule has 0 atom stereocenters. The zero-order chi connectivity index (χ0) is 13.2. The van der Waals surface area contributed by atoms with E-state index in [0.717, 1.165) is 16.1 Å². The molecule has 0 radical (unpaired) electrons. The lowest BCUT2D eigenvalue weighted by Gasteiger charge is -2.07. The summed E-state index contributed by atoms with van der Waals surface area (Å²) in [5.41, 5.74) is 1.76. The summed E-state index contributed by atoms with van der Waals surface area (Å²) in [5.74, 6) is -0.201. The highest BCUT2D eigenvalue weighted by Crippen LogP contribution is 2.31. The number of hydrogen-bond acceptors (Lipinski definition) is 1. The molecule has 3 rings (SSSR count). The van der Waals surface area contributed by atoms with Crippen LogP contribution in [0.25, 0.3) is 17.0 Å². The highest BCUT2D eigenvalue weighted by molar-refractivity contribution is 7.98. The van der Waals surface area contributed by atoms with E-state index in [1.165, 1.54) is 6.07 Å². The van der Waals surface area contributed by atoms with Crippen LogP contribution in [0.5, 0.6) is 0 Å². The lowest BCUT2D eigenvalue weighted by molar-refractivity contribution is 0.640. The van der Waals surface area contributed by atoms with Crippen molar-refractivity contribution in [2.24, 2.45) is 0 Å². The van der Waals surface area contributed by atoms with Gasteiger partial charge in [0.2, 0.25) is 0 Å². The number of benzene rings is 2. The standard InChI is InChI=1S/C16H12FNS/c1-2-12-11-14-15(17)9-6-10-16(14)18(12)19-13-7-4-3-5-8-13/h2-11H,1H2. The van der Waals surface area contributed by atoms with Gasteiger partial charge in [0.05, 0.1) is 11.2 Å². The summed E-state index contributed by atoms with van der Waals surface area (Å²) >= 11 is 1.56. The fourth-order valence-electron chi connectivity index (χ4n) is 2.02. The van der Waals surface area contributed by atoms with Crippen LogP contribution in [0.3, 0.4) is 0 Å². The Hall–Kier alpha value is -2.00. The average Bonchev–Trinajstić information content (AvgIpc) is 2.80. The number of nitrogens with zero attached hydrogens (tertiary/aromatic N) is 1. The van der Waals surface area contributed by atoms with E-state index in [0.29, 0.717) is 5.39 Å².